The second-order valence-corrected chi connectivity index (χ2v) is 4.84. The number of ether oxygens (including phenoxy) is 1. The van der Waals surface area contributed by atoms with Gasteiger partial charge in [-0.3, -0.25) is 0 Å². The van der Waals surface area contributed by atoms with E-state index >= 15 is 0 Å². The summed E-state index contributed by atoms with van der Waals surface area (Å²) in [6, 6.07) is 7.34. The van der Waals surface area contributed by atoms with Gasteiger partial charge in [0.1, 0.15) is 5.75 Å². The van der Waals surface area contributed by atoms with E-state index in [1.54, 1.807) is 7.11 Å². The van der Waals surface area contributed by atoms with Crippen LogP contribution in [0.4, 0.5) is 0 Å². The molecule has 1 aromatic rings. The predicted octanol–water partition coefficient (Wildman–Crippen LogP) is 2.67. The number of aliphatic hydroxyl groups is 1. The average Bonchev–Trinajstić information content (AvgIpc) is 2.91. The zero-order valence-electron chi connectivity index (χ0n) is 10.7. The van der Waals surface area contributed by atoms with Crippen molar-refractivity contribution in [2.24, 2.45) is 11.7 Å². The van der Waals surface area contributed by atoms with Crippen LogP contribution in [0.3, 0.4) is 0 Å². The molecular formula is C14H22ClNO2. The molecule has 0 spiro atoms. The summed E-state index contributed by atoms with van der Waals surface area (Å²) in [7, 11) is 1.64. The Bertz CT molecular complexity index is 367. The molecule has 0 aromatic heterocycles. The van der Waals surface area contributed by atoms with E-state index in [0.717, 1.165) is 24.2 Å². The minimum atomic E-state index is -0.440. The van der Waals surface area contributed by atoms with Crippen LogP contribution in [0.15, 0.2) is 24.3 Å². The molecule has 0 heterocycles. The number of benzene rings is 1. The fourth-order valence-corrected chi connectivity index (χ4v) is 2.64. The minimum Gasteiger partial charge on any atom is -0.497 e. The third-order valence-electron chi connectivity index (χ3n) is 3.73. The zero-order chi connectivity index (χ0) is 12.3. The van der Waals surface area contributed by atoms with Gasteiger partial charge in [-0.05, 0) is 36.5 Å². The van der Waals surface area contributed by atoms with Crippen molar-refractivity contribution in [1.82, 2.24) is 0 Å². The number of aliphatic hydroxyl groups excluding tert-OH is 1. The maximum absolute atomic E-state index is 10.3. The highest BCUT2D eigenvalue weighted by atomic mass is 35.5. The van der Waals surface area contributed by atoms with Crippen LogP contribution in [0.25, 0.3) is 0 Å². The quantitative estimate of drug-likeness (QED) is 0.885. The van der Waals surface area contributed by atoms with Crippen molar-refractivity contribution in [3.8, 4) is 5.75 Å². The Labute approximate surface area is 115 Å². The Morgan fingerprint density at radius 1 is 1.33 bits per heavy atom. The van der Waals surface area contributed by atoms with E-state index in [2.05, 4.69) is 0 Å². The summed E-state index contributed by atoms with van der Waals surface area (Å²) in [6.07, 6.45) is 4.18. The van der Waals surface area contributed by atoms with E-state index in [1.165, 1.54) is 12.8 Å². The number of methoxy groups -OCH3 is 1. The summed E-state index contributed by atoms with van der Waals surface area (Å²) in [5.41, 5.74) is 7.08. The molecule has 3 nitrogen and oxygen atoms in total. The van der Waals surface area contributed by atoms with Crippen LogP contribution >= 0.6 is 12.4 Å². The van der Waals surface area contributed by atoms with Gasteiger partial charge in [-0.15, -0.1) is 12.4 Å². The molecule has 3 N–H and O–H groups in total. The summed E-state index contributed by atoms with van der Waals surface area (Å²) in [4.78, 5) is 0. The Hall–Kier alpha value is -0.770. The van der Waals surface area contributed by atoms with Gasteiger partial charge in [0.15, 0.2) is 0 Å². The molecule has 0 amide bonds. The molecule has 2 rings (SSSR count). The second kappa shape index (κ2) is 6.98. The fourth-order valence-electron chi connectivity index (χ4n) is 2.64. The maximum Gasteiger partial charge on any atom is 0.119 e. The van der Waals surface area contributed by atoms with E-state index < -0.39 is 6.10 Å². The molecule has 4 heteroatoms. The standard InChI is InChI=1S/C14H21NO2.ClH/c1-17-12-8-4-7-11(9-12)13(15)14(16)10-5-2-3-6-10;/h4,7-10,13-14,16H,2-3,5-6,15H2,1H3;1H/t13-,14+;/m0./s1. The number of hydrogen-bond donors (Lipinski definition) is 2. The number of halogens is 1. The summed E-state index contributed by atoms with van der Waals surface area (Å²) in [5, 5.41) is 10.3. The molecule has 2 atom stereocenters. The van der Waals surface area contributed by atoms with Crippen molar-refractivity contribution in [3.05, 3.63) is 29.8 Å². The zero-order valence-corrected chi connectivity index (χ0v) is 11.5. The largest absolute Gasteiger partial charge is 0.497 e. The van der Waals surface area contributed by atoms with Crippen LogP contribution in [0, 0.1) is 5.92 Å². The predicted molar refractivity (Wildman–Crippen MR) is 75.1 cm³/mol. The van der Waals surface area contributed by atoms with Crippen molar-refractivity contribution >= 4 is 12.4 Å². The molecule has 0 aliphatic heterocycles. The molecule has 102 valence electrons. The van der Waals surface area contributed by atoms with Crippen molar-refractivity contribution in [2.45, 2.75) is 37.8 Å². The highest BCUT2D eigenvalue weighted by Crippen LogP contribution is 2.33. The van der Waals surface area contributed by atoms with Crippen molar-refractivity contribution < 1.29 is 9.84 Å². The van der Waals surface area contributed by atoms with Gasteiger partial charge in [-0.25, -0.2) is 0 Å². The van der Waals surface area contributed by atoms with Crippen LogP contribution in [-0.4, -0.2) is 18.3 Å². The monoisotopic (exact) mass is 271 g/mol. The third kappa shape index (κ3) is 3.37. The lowest BCUT2D eigenvalue weighted by molar-refractivity contribution is 0.0844. The fraction of sp³-hybridized carbons (Fsp3) is 0.571. The molecule has 1 aliphatic rings. The third-order valence-corrected chi connectivity index (χ3v) is 3.73. The van der Waals surface area contributed by atoms with Crippen molar-refractivity contribution in [3.63, 3.8) is 0 Å². The topological polar surface area (TPSA) is 55.5 Å². The first-order chi connectivity index (χ1) is 8.22. The molecule has 1 fully saturated rings. The maximum atomic E-state index is 10.3. The first kappa shape index (κ1) is 15.3. The number of nitrogens with two attached hydrogens (primary N) is 1. The highest BCUT2D eigenvalue weighted by molar-refractivity contribution is 5.85. The lowest BCUT2D eigenvalue weighted by Crippen LogP contribution is -2.31. The van der Waals surface area contributed by atoms with Gasteiger partial charge in [0.25, 0.3) is 0 Å². The van der Waals surface area contributed by atoms with Crippen LogP contribution in [-0.2, 0) is 0 Å². The van der Waals surface area contributed by atoms with Crippen molar-refractivity contribution in [1.29, 1.82) is 0 Å². The van der Waals surface area contributed by atoms with E-state index in [1.807, 2.05) is 24.3 Å². The SMILES string of the molecule is COc1cccc([C@H](N)[C@H](O)C2CCCC2)c1.Cl. The smallest absolute Gasteiger partial charge is 0.119 e. The van der Waals surface area contributed by atoms with Gasteiger partial charge in [0.05, 0.1) is 19.3 Å². The Kier molecular flexibility index (Phi) is 5.93. The van der Waals surface area contributed by atoms with Gasteiger partial charge in [-0.1, -0.05) is 25.0 Å². The molecule has 0 bridgehead atoms. The molecule has 18 heavy (non-hydrogen) atoms. The van der Waals surface area contributed by atoms with Gasteiger partial charge >= 0.3 is 0 Å². The first-order valence-corrected chi connectivity index (χ1v) is 6.30. The molecule has 1 aliphatic carbocycles. The lowest BCUT2D eigenvalue weighted by atomic mass is 9.91. The van der Waals surface area contributed by atoms with Crippen LogP contribution in [0.1, 0.15) is 37.3 Å². The molecule has 1 aromatic carbocycles. The van der Waals surface area contributed by atoms with E-state index in [4.69, 9.17) is 10.5 Å². The van der Waals surface area contributed by atoms with Crippen LogP contribution in [0.2, 0.25) is 0 Å². The average molecular weight is 272 g/mol. The molecule has 0 saturated heterocycles. The Morgan fingerprint density at radius 3 is 2.61 bits per heavy atom. The van der Waals surface area contributed by atoms with Gasteiger partial charge in [0.2, 0.25) is 0 Å². The Morgan fingerprint density at radius 2 is 2.00 bits per heavy atom. The normalized spacial score (nSPS) is 19.1. The first-order valence-electron chi connectivity index (χ1n) is 6.30. The highest BCUT2D eigenvalue weighted by Gasteiger charge is 2.28. The van der Waals surface area contributed by atoms with Crippen molar-refractivity contribution in [2.75, 3.05) is 7.11 Å². The molecular weight excluding hydrogens is 250 g/mol. The number of hydrogen-bond acceptors (Lipinski definition) is 3. The van der Waals surface area contributed by atoms with Gasteiger partial charge in [-0.2, -0.15) is 0 Å². The summed E-state index contributed by atoms with van der Waals surface area (Å²) < 4.78 is 5.17. The Balaban J connectivity index is 0.00000162. The lowest BCUT2D eigenvalue weighted by Gasteiger charge is -2.24. The molecule has 0 radical (unpaired) electrons. The number of rotatable bonds is 4. The molecule has 1 saturated carbocycles. The van der Waals surface area contributed by atoms with Gasteiger partial charge < -0.3 is 15.6 Å². The van der Waals surface area contributed by atoms with Crippen LogP contribution in [0.5, 0.6) is 5.75 Å². The van der Waals surface area contributed by atoms with Crippen LogP contribution < -0.4 is 10.5 Å². The van der Waals surface area contributed by atoms with E-state index in [-0.39, 0.29) is 18.4 Å². The van der Waals surface area contributed by atoms with E-state index in [0.29, 0.717) is 5.92 Å². The second-order valence-electron chi connectivity index (χ2n) is 4.84. The molecule has 0 unspecified atom stereocenters. The van der Waals surface area contributed by atoms with Gasteiger partial charge in [0, 0.05) is 0 Å². The summed E-state index contributed by atoms with van der Waals surface area (Å²) in [6.45, 7) is 0. The van der Waals surface area contributed by atoms with E-state index in [9.17, 15) is 5.11 Å². The summed E-state index contributed by atoms with van der Waals surface area (Å²) >= 11 is 0. The minimum absolute atomic E-state index is 0. The summed E-state index contributed by atoms with van der Waals surface area (Å²) in [5.74, 6) is 1.15.